The van der Waals surface area contributed by atoms with Crippen molar-refractivity contribution in [2.45, 2.75) is 38.3 Å². The van der Waals surface area contributed by atoms with Crippen molar-refractivity contribution in [2.75, 3.05) is 26.2 Å². The molecule has 0 unspecified atom stereocenters. The predicted molar refractivity (Wildman–Crippen MR) is 93.8 cm³/mol. The lowest BCUT2D eigenvalue weighted by atomic mass is 10.0. The number of likely N-dealkylation sites (tertiary alicyclic amines) is 1. The van der Waals surface area contributed by atoms with Crippen molar-refractivity contribution in [1.82, 2.24) is 15.5 Å². The molecule has 2 N–H and O–H groups in total. The molecule has 2 amide bonds. The maximum atomic E-state index is 12.3. The maximum absolute atomic E-state index is 12.3. The zero-order valence-electron chi connectivity index (χ0n) is 13.5. The number of rotatable bonds is 3. The topological polar surface area (TPSA) is 53.6 Å². The van der Waals surface area contributed by atoms with Crippen molar-refractivity contribution in [3.63, 3.8) is 0 Å². The van der Waals surface area contributed by atoms with Gasteiger partial charge in [-0.15, -0.1) is 0 Å². The molecule has 6 heteroatoms. The maximum Gasteiger partial charge on any atom is 0.315 e. The van der Waals surface area contributed by atoms with Gasteiger partial charge in [0.1, 0.15) is 5.75 Å². The van der Waals surface area contributed by atoms with Crippen molar-refractivity contribution in [1.29, 1.82) is 0 Å². The van der Waals surface area contributed by atoms with E-state index in [9.17, 15) is 4.79 Å². The molecule has 2 aliphatic rings. The van der Waals surface area contributed by atoms with Crippen molar-refractivity contribution in [3.05, 3.63) is 28.2 Å². The van der Waals surface area contributed by atoms with Gasteiger partial charge in [0.15, 0.2) is 0 Å². The SMILES string of the molecule is CCN1CCC(NC(=O)N[C@@H]2CCOc3ccc(Br)cc32)CC1. The average Bonchev–Trinajstić information content (AvgIpc) is 2.56. The molecule has 5 nitrogen and oxygen atoms in total. The molecule has 1 saturated heterocycles. The molecular weight excluding hydrogens is 358 g/mol. The third kappa shape index (κ3) is 4.18. The molecule has 2 heterocycles. The Morgan fingerprint density at radius 1 is 1.30 bits per heavy atom. The van der Waals surface area contributed by atoms with E-state index >= 15 is 0 Å². The van der Waals surface area contributed by atoms with Gasteiger partial charge in [0.25, 0.3) is 0 Å². The molecule has 23 heavy (non-hydrogen) atoms. The largest absolute Gasteiger partial charge is 0.493 e. The number of carbonyl (C=O) groups excluding carboxylic acids is 1. The third-order valence-electron chi connectivity index (χ3n) is 4.69. The zero-order chi connectivity index (χ0) is 16.2. The molecule has 3 rings (SSSR count). The van der Waals surface area contributed by atoms with Crippen LogP contribution in [0.4, 0.5) is 4.79 Å². The van der Waals surface area contributed by atoms with Crippen LogP contribution in [-0.4, -0.2) is 43.2 Å². The number of hydrogen-bond acceptors (Lipinski definition) is 3. The van der Waals surface area contributed by atoms with Gasteiger partial charge in [0.2, 0.25) is 0 Å². The smallest absolute Gasteiger partial charge is 0.315 e. The van der Waals surface area contributed by atoms with E-state index in [0.29, 0.717) is 6.61 Å². The number of benzene rings is 1. The van der Waals surface area contributed by atoms with Crippen LogP contribution in [0.5, 0.6) is 5.75 Å². The summed E-state index contributed by atoms with van der Waals surface area (Å²) in [6.45, 7) is 6.03. The van der Waals surface area contributed by atoms with Gasteiger partial charge in [0.05, 0.1) is 12.6 Å². The fraction of sp³-hybridized carbons (Fsp3) is 0.588. The minimum atomic E-state index is -0.0715. The number of ether oxygens (including phenoxy) is 1. The van der Waals surface area contributed by atoms with E-state index in [2.05, 4.69) is 38.4 Å². The number of halogens is 1. The van der Waals surface area contributed by atoms with Gasteiger partial charge in [-0.2, -0.15) is 0 Å². The molecule has 0 radical (unpaired) electrons. The molecule has 0 aliphatic carbocycles. The number of hydrogen-bond donors (Lipinski definition) is 2. The lowest BCUT2D eigenvalue weighted by Crippen LogP contribution is -2.48. The Labute approximate surface area is 145 Å². The number of fused-ring (bicyclic) bond motifs is 1. The van der Waals surface area contributed by atoms with Gasteiger partial charge in [-0.25, -0.2) is 4.79 Å². The summed E-state index contributed by atoms with van der Waals surface area (Å²) in [5, 5.41) is 6.24. The van der Waals surface area contributed by atoms with E-state index in [1.165, 1.54) is 0 Å². The number of amides is 2. The summed E-state index contributed by atoms with van der Waals surface area (Å²) in [5.41, 5.74) is 1.04. The molecule has 0 bridgehead atoms. The van der Waals surface area contributed by atoms with Crippen LogP contribution in [0.15, 0.2) is 22.7 Å². The first-order chi connectivity index (χ1) is 11.2. The van der Waals surface area contributed by atoms with Crippen LogP contribution >= 0.6 is 15.9 Å². The predicted octanol–water partition coefficient (Wildman–Crippen LogP) is 3.06. The van der Waals surface area contributed by atoms with Gasteiger partial charge in [0, 0.05) is 35.6 Å². The Hall–Kier alpha value is -1.27. The second-order valence-corrected chi connectivity index (χ2v) is 7.11. The summed E-state index contributed by atoms with van der Waals surface area (Å²) in [5.74, 6) is 0.862. The highest BCUT2D eigenvalue weighted by Gasteiger charge is 2.25. The lowest BCUT2D eigenvalue weighted by molar-refractivity contribution is 0.193. The van der Waals surface area contributed by atoms with Crippen molar-refractivity contribution in [2.24, 2.45) is 0 Å². The van der Waals surface area contributed by atoms with Crippen LogP contribution in [0, 0.1) is 0 Å². The Kier molecular flexibility index (Phi) is 5.43. The van der Waals surface area contributed by atoms with E-state index in [-0.39, 0.29) is 18.1 Å². The molecule has 1 aromatic rings. The molecule has 1 aromatic carbocycles. The van der Waals surface area contributed by atoms with Crippen molar-refractivity contribution >= 4 is 22.0 Å². The monoisotopic (exact) mass is 381 g/mol. The second-order valence-electron chi connectivity index (χ2n) is 6.20. The van der Waals surface area contributed by atoms with E-state index in [0.717, 1.165) is 54.7 Å². The average molecular weight is 382 g/mol. The summed E-state index contributed by atoms with van der Waals surface area (Å²) < 4.78 is 6.67. The summed E-state index contributed by atoms with van der Waals surface area (Å²) >= 11 is 3.49. The molecule has 0 spiro atoms. The Morgan fingerprint density at radius 2 is 2.09 bits per heavy atom. The molecule has 2 aliphatic heterocycles. The minimum absolute atomic E-state index is 0.00646. The van der Waals surface area contributed by atoms with E-state index in [4.69, 9.17) is 4.74 Å². The Balaban J connectivity index is 1.56. The van der Waals surface area contributed by atoms with Gasteiger partial charge in [-0.05, 0) is 37.6 Å². The summed E-state index contributed by atoms with van der Waals surface area (Å²) in [7, 11) is 0. The second kappa shape index (κ2) is 7.53. The molecule has 1 atom stereocenters. The fourth-order valence-electron chi connectivity index (χ4n) is 3.29. The normalized spacial score (nSPS) is 22.1. The highest BCUT2D eigenvalue weighted by atomic mass is 79.9. The number of piperidine rings is 1. The Bertz CT molecular complexity index is 559. The highest BCUT2D eigenvalue weighted by Crippen LogP contribution is 2.34. The summed E-state index contributed by atoms with van der Waals surface area (Å²) in [6.07, 6.45) is 2.85. The Morgan fingerprint density at radius 3 is 2.83 bits per heavy atom. The molecule has 126 valence electrons. The van der Waals surface area contributed by atoms with E-state index < -0.39 is 0 Å². The molecule has 0 saturated carbocycles. The highest BCUT2D eigenvalue weighted by molar-refractivity contribution is 9.10. The summed E-state index contributed by atoms with van der Waals surface area (Å²) in [6, 6.07) is 6.15. The van der Waals surface area contributed by atoms with Crippen LogP contribution in [0.3, 0.4) is 0 Å². The van der Waals surface area contributed by atoms with E-state index in [1.807, 2.05) is 18.2 Å². The first-order valence-corrected chi connectivity index (χ1v) is 9.16. The standard InChI is InChI=1S/C17H24BrN3O2/c1-2-21-8-5-13(6-9-21)19-17(22)20-15-7-10-23-16-4-3-12(18)11-14(15)16/h3-4,11,13,15H,2,5-10H2,1H3,(H2,19,20,22)/t15-/m1/s1. The van der Waals surface area contributed by atoms with Gasteiger partial charge >= 0.3 is 6.03 Å². The molecular formula is C17H24BrN3O2. The number of urea groups is 1. The van der Waals surface area contributed by atoms with Crippen LogP contribution < -0.4 is 15.4 Å². The molecule has 1 fully saturated rings. The zero-order valence-corrected chi connectivity index (χ0v) is 15.1. The van der Waals surface area contributed by atoms with Crippen molar-refractivity contribution < 1.29 is 9.53 Å². The number of carbonyl (C=O) groups is 1. The van der Waals surface area contributed by atoms with Crippen LogP contribution in [-0.2, 0) is 0 Å². The third-order valence-corrected chi connectivity index (χ3v) is 5.18. The van der Waals surface area contributed by atoms with E-state index in [1.54, 1.807) is 0 Å². The molecule has 0 aromatic heterocycles. The fourth-order valence-corrected chi connectivity index (χ4v) is 3.67. The van der Waals surface area contributed by atoms with Crippen LogP contribution in [0.1, 0.15) is 37.8 Å². The number of nitrogens with zero attached hydrogens (tertiary/aromatic N) is 1. The quantitative estimate of drug-likeness (QED) is 0.845. The first-order valence-electron chi connectivity index (χ1n) is 8.37. The lowest BCUT2D eigenvalue weighted by Gasteiger charge is -2.32. The van der Waals surface area contributed by atoms with Crippen LogP contribution in [0.2, 0.25) is 0 Å². The first kappa shape index (κ1) is 16.6. The minimum Gasteiger partial charge on any atom is -0.493 e. The van der Waals surface area contributed by atoms with Gasteiger partial charge in [-0.3, -0.25) is 0 Å². The number of nitrogens with one attached hydrogen (secondary N) is 2. The van der Waals surface area contributed by atoms with Crippen LogP contribution in [0.25, 0.3) is 0 Å². The summed E-state index contributed by atoms with van der Waals surface area (Å²) in [4.78, 5) is 14.8. The van der Waals surface area contributed by atoms with Gasteiger partial charge in [-0.1, -0.05) is 22.9 Å². The van der Waals surface area contributed by atoms with Gasteiger partial charge < -0.3 is 20.3 Å². The van der Waals surface area contributed by atoms with Crippen molar-refractivity contribution in [3.8, 4) is 5.75 Å².